The van der Waals surface area contributed by atoms with Gasteiger partial charge in [-0.15, -0.1) is 0 Å². The third-order valence-electron chi connectivity index (χ3n) is 4.61. The number of imide groups is 1. The number of aromatic amines is 1. The first-order chi connectivity index (χ1) is 14.5. The topological polar surface area (TPSA) is 123 Å². The highest BCUT2D eigenvalue weighted by molar-refractivity contribution is 6.35. The monoisotopic (exact) mass is 402 g/mol. The minimum Gasteiger partial charge on any atom is -0.392 e. The molecule has 8 heteroatoms. The van der Waals surface area contributed by atoms with Gasteiger partial charge in [-0.3, -0.25) is 14.9 Å². The van der Waals surface area contributed by atoms with Gasteiger partial charge in [0.1, 0.15) is 0 Å². The summed E-state index contributed by atoms with van der Waals surface area (Å²) in [5.74, 6) is -0.801. The van der Waals surface area contributed by atoms with Crippen LogP contribution in [0.25, 0.3) is 11.6 Å². The lowest BCUT2D eigenvalue weighted by Gasteiger charge is -2.08. The van der Waals surface area contributed by atoms with Gasteiger partial charge in [-0.05, 0) is 48.0 Å². The molecule has 0 aliphatic carbocycles. The zero-order valence-electron chi connectivity index (χ0n) is 15.7. The first kappa shape index (κ1) is 19.2. The van der Waals surface area contributed by atoms with Crippen LogP contribution in [-0.4, -0.2) is 27.9 Å². The van der Waals surface area contributed by atoms with Crippen LogP contribution in [0, 0.1) is 0 Å². The second kappa shape index (κ2) is 8.06. The highest BCUT2D eigenvalue weighted by Crippen LogP contribution is 2.34. The zero-order valence-corrected chi connectivity index (χ0v) is 15.7. The molecule has 1 aromatic heterocycles. The molecule has 30 heavy (non-hydrogen) atoms. The highest BCUT2D eigenvalue weighted by Gasteiger charge is 2.24. The quantitative estimate of drug-likeness (QED) is 0.431. The number of H-pyrrole nitrogens is 1. The normalized spacial score (nSPS) is 13.6. The van der Waals surface area contributed by atoms with Gasteiger partial charge < -0.3 is 20.7 Å². The number of fused-ring (bicyclic) bond motifs is 1. The summed E-state index contributed by atoms with van der Waals surface area (Å²) in [6.07, 6.45) is 3.52. The summed E-state index contributed by atoms with van der Waals surface area (Å²) in [6.45, 7) is -0.126. The number of anilines is 2. The maximum Gasteiger partial charge on any atom is 0.326 e. The second-order valence-electron chi connectivity index (χ2n) is 6.66. The van der Waals surface area contributed by atoms with Gasteiger partial charge in [0.15, 0.2) is 0 Å². The van der Waals surface area contributed by atoms with E-state index in [0.29, 0.717) is 28.1 Å². The van der Waals surface area contributed by atoms with Crippen LogP contribution in [0.5, 0.6) is 0 Å². The lowest BCUT2D eigenvalue weighted by Crippen LogP contribution is -2.34. The van der Waals surface area contributed by atoms with Gasteiger partial charge in [0.2, 0.25) is 0 Å². The molecule has 8 nitrogen and oxygen atoms in total. The lowest BCUT2D eigenvalue weighted by atomic mass is 10.1. The van der Waals surface area contributed by atoms with E-state index in [2.05, 4.69) is 20.9 Å². The van der Waals surface area contributed by atoms with Crippen LogP contribution in [0.15, 0.2) is 60.8 Å². The van der Waals surface area contributed by atoms with E-state index in [0.717, 1.165) is 11.3 Å². The Morgan fingerprint density at radius 3 is 2.57 bits per heavy atom. The predicted octanol–water partition coefficient (Wildman–Crippen LogP) is 2.96. The van der Waals surface area contributed by atoms with Crippen molar-refractivity contribution in [2.45, 2.75) is 6.61 Å². The number of carbonyl (C=O) groups excluding carboxylic acids is 3. The van der Waals surface area contributed by atoms with Crippen LogP contribution in [-0.2, 0) is 11.4 Å². The molecule has 0 radical (unpaired) electrons. The summed E-state index contributed by atoms with van der Waals surface area (Å²) in [6, 6.07) is 14.3. The maximum atomic E-state index is 12.3. The maximum absolute atomic E-state index is 12.3. The summed E-state index contributed by atoms with van der Waals surface area (Å²) >= 11 is 0. The largest absolute Gasteiger partial charge is 0.392 e. The highest BCUT2D eigenvalue weighted by atomic mass is 16.3. The molecule has 3 aromatic rings. The minimum absolute atomic E-state index is 0.126. The smallest absolute Gasteiger partial charge is 0.326 e. The fraction of sp³-hybridized carbons (Fsp3) is 0.0455. The summed E-state index contributed by atoms with van der Waals surface area (Å²) in [4.78, 5) is 39.7. The molecule has 2 aromatic carbocycles. The van der Waals surface area contributed by atoms with E-state index < -0.39 is 11.9 Å². The third-order valence-corrected chi connectivity index (χ3v) is 4.61. The number of benzene rings is 2. The molecule has 5 N–H and O–H groups in total. The molecule has 0 atom stereocenters. The van der Waals surface area contributed by atoms with Gasteiger partial charge in [-0.1, -0.05) is 18.2 Å². The first-order valence-corrected chi connectivity index (χ1v) is 9.16. The second-order valence-corrected chi connectivity index (χ2v) is 6.66. The van der Waals surface area contributed by atoms with Gasteiger partial charge in [0.25, 0.3) is 11.8 Å². The van der Waals surface area contributed by atoms with Gasteiger partial charge in [0.05, 0.1) is 17.9 Å². The van der Waals surface area contributed by atoms with E-state index in [1.54, 1.807) is 42.6 Å². The SMILES string of the molecule is O=C(NC(=O)c1ccc(CO)cc1)Nc1ccc2c(c1)NC(=O)C2=Cc1ccc[nH]1. The molecule has 1 aliphatic heterocycles. The summed E-state index contributed by atoms with van der Waals surface area (Å²) < 4.78 is 0. The average Bonchev–Trinajstić information content (AvgIpc) is 3.36. The van der Waals surface area contributed by atoms with Crippen molar-refractivity contribution in [2.24, 2.45) is 0 Å². The number of amides is 4. The molecule has 4 rings (SSSR count). The Morgan fingerprint density at radius 2 is 1.87 bits per heavy atom. The third kappa shape index (κ3) is 3.98. The van der Waals surface area contributed by atoms with Gasteiger partial charge >= 0.3 is 6.03 Å². The van der Waals surface area contributed by atoms with E-state index in [4.69, 9.17) is 5.11 Å². The summed E-state index contributed by atoms with van der Waals surface area (Å²) in [5.41, 5.74) is 4.01. The Hall–Kier alpha value is -4.17. The number of carbonyl (C=O) groups is 3. The van der Waals surface area contributed by atoms with E-state index >= 15 is 0 Å². The van der Waals surface area contributed by atoms with E-state index in [9.17, 15) is 14.4 Å². The Bertz CT molecular complexity index is 1150. The van der Waals surface area contributed by atoms with Crippen molar-refractivity contribution in [1.82, 2.24) is 10.3 Å². The van der Waals surface area contributed by atoms with E-state index in [1.807, 2.05) is 12.1 Å². The molecular formula is C22H18N4O4. The Labute approximate surface area is 171 Å². The van der Waals surface area contributed by atoms with Crippen molar-refractivity contribution in [2.75, 3.05) is 10.6 Å². The van der Waals surface area contributed by atoms with E-state index in [1.165, 1.54) is 12.1 Å². The van der Waals surface area contributed by atoms with E-state index in [-0.39, 0.29) is 12.5 Å². The number of urea groups is 1. The van der Waals surface area contributed by atoms with Crippen LogP contribution >= 0.6 is 0 Å². The summed E-state index contributed by atoms with van der Waals surface area (Å²) in [7, 11) is 0. The zero-order chi connectivity index (χ0) is 21.1. The number of hydrogen-bond acceptors (Lipinski definition) is 4. The van der Waals surface area contributed by atoms with Crippen molar-refractivity contribution in [3.05, 3.63) is 83.2 Å². The molecule has 2 heterocycles. The standard InChI is InChI=1S/C22H18N4O4/c27-12-13-3-5-14(6-4-13)20(28)26-22(30)24-16-7-8-17-18(10-15-2-1-9-23-15)21(29)25-19(17)11-16/h1-11,23,27H,12H2,(H,25,29)(H2,24,26,28,30). The molecule has 4 amide bonds. The Morgan fingerprint density at radius 1 is 1.07 bits per heavy atom. The molecule has 0 fully saturated rings. The number of rotatable bonds is 4. The molecule has 0 spiro atoms. The van der Waals surface area contributed by atoms with Crippen molar-refractivity contribution < 1.29 is 19.5 Å². The molecule has 0 saturated carbocycles. The number of aromatic nitrogens is 1. The fourth-order valence-electron chi connectivity index (χ4n) is 3.10. The molecule has 0 saturated heterocycles. The van der Waals surface area contributed by atoms with Crippen molar-refractivity contribution >= 4 is 40.9 Å². The van der Waals surface area contributed by atoms with Crippen LogP contribution in [0.4, 0.5) is 16.2 Å². The molecule has 0 bridgehead atoms. The van der Waals surface area contributed by atoms with Gasteiger partial charge in [0, 0.05) is 28.7 Å². The molecule has 0 unspecified atom stereocenters. The number of aliphatic hydroxyl groups is 1. The first-order valence-electron chi connectivity index (χ1n) is 9.16. The number of aliphatic hydroxyl groups excluding tert-OH is 1. The summed E-state index contributed by atoms with van der Waals surface area (Å²) in [5, 5.41) is 16.6. The van der Waals surface area contributed by atoms with Crippen LogP contribution in [0.2, 0.25) is 0 Å². The Kier molecular flexibility index (Phi) is 5.15. The predicted molar refractivity (Wildman–Crippen MR) is 113 cm³/mol. The fourth-order valence-corrected chi connectivity index (χ4v) is 3.10. The number of nitrogens with one attached hydrogen (secondary N) is 4. The van der Waals surface area contributed by atoms with Crippen LogP contribution in [0.1, 0.15) is 27.2 Å². The van der Waals surface area contributed by atoms with Crippen molar-refractivity contribution in [1.29, 1.82) is 0 Å². The van der Waals surface area contributed by atoms with Crippen molar-refractivity contribution in [3.8, 4) is 0 Å². The van der Waals surface area contributed by atoms with Crippen LogP contribution in [0.3, 0.4) is 0 Å². The lowest BCUT2D eigenvalue weighted by molar-refractivity contribution is -0.110. The molecule has 150 valence electrons. The van der Waals surface area contributed by atoms with Gasteiger partial charge in [-0.2, -0.15) is 0 Å². The molecule has 1 aliphatic rings. The molecular weight excluding hydrogens is 384 g/mol. The number of hydrogen-bond donors (Lipinski definition) is 5. The average molecular weight is 402 g/mol. The Balaban J connectivity index is 1.44. The minimum atomic E-state index is -0.697. The van der Waals surface area contributed by atoms with Crippen LogP contribution < -0.4 is 16.0 Å². The van der Waals surface area contributed by atoms with Crippen molar-refractivity contribution in [3.63, 3.8) is 0 Å². The van der Waals surface area contributed by atoms with Gasteiger partial charge in [-0.25, -0.2) is 4.79 Å².